The molecule has 1 aromatic rings. The van der Waals surface area contributed by atoms with Gasteiger partial charge in [0, 0.05) is 44.6 Å². The van der Waals surface area contributed by atoms with Crippen molar-refractivity contribution in [3.8, 4) is 0 Å². The van der Waals surface area contributed by atoms with Crippen LogP contribution < -0.4 is 0 Å². The molecule has 4 aliphatic carbocycles. The largest absolute Gasteiger partial charge is 0.339 e. The minimum absolute atomic E-state index is 0.0251. The zero-order valence-corrected chi connectivity index (χ0v) is 19.6. The fraction of sp³-hybridized carbons (Fsp3) is 0.667. The predicted octanol–water partition coefficient (Wildman–Crippen LogP) is 4.15. The van der Waals surface area contributed by atoms with Gasteiger partial charge >= 0.3 is 0 Å². The molecule has 0 N–H and O–H groups in total. The van der Waals surface area contributed by atoms with E-state index in [9.17, 15) is 14.4 Å². The second kappa shape index (κ2) is 8.31. The molecule has 0 aromatic heterocycles. The Balaban J connectivity index is 1.12. The molecule has 2 amide bonds. The summed E-state index contributed by atoms with van der Waals surface area (Å²) in [6.45, 7) is 6.49. The van der Waals surface area contributed by atoms with Crippen LogP contribution in [0.4, 0.5) is 0 Å². The van der Waals surface area contributed by atoms with Gasteiger partial charge in [0.05, 0.1) is 5.41 Å². The minimum atomic E-state index is -0.0977. The van der Waals surface area contributed by atoms with Gasteiger partial charge in [0.2, 0.25) is 11.8 Å². The van der Waals surface area contributed by atoms with Crippen LogP contribution in [-0.4, -0.2) is 53.6 Å². The highest BCUT2D eigenvalue weighted by atomic mass is 16.2. The lowest BCUT2D eigenvalue weighted by Gasteiger charge is -2.57. The number of hydrogen-bond acceptors (Lipinski definition) is 3. The molecule has 1 aliphatic heterocycles. The van der Waals surface area contributed by atoms with Crippen LogP contribution in [0, 0.1) is 37.0 Å². The number of ketones is 1. The molecule has 32 heavy (non-hydrogen) atoms. The average Bonchev–Trinajstić information content (AvgIpc) is 2.77. The summed E-state index contributed by atoms with van der Waals surface area (Å²) in [5.74, 6) is 2.73. The summed E-state index contributed by atoms with van der Waals surface area (Å²) in [6.07, 6.45) is 7.80. The van der Waals surface area contributed by atoms with Gasteiger partial charge in [0.15, 0.2) is 5.78 Å². The lowest BCUT2D eigenvalue weighted by atomic mass is 9.49. The third-order valence-corrected chi connectivity index (χ3v) is 8.81. The Labute approximate surface area is 191 Å². The third kappa shape index (κ3) is 3.99. The summed E-state index contributed by atoms with van der Waals surface area (Å²) in [6, 6.07) is 5.73. The quantitative estimate of drug-likeness (QED) is 0.652. The highest BCUT2D eigenvalue weighted by molar-refractivity contribution is 5.98. The molecule has 5 heteroatoms. The van der Waals surface area contributed by atoms with Crippen molar-refractivity contribution in [1.29, 1.82) is 0 Å². The number of rotatable bonds is 5. The number of aryl methyl sites for hydroxylation is 2. The van der Waals surface area contributed by atoms with Gasteiger partial charge < -0.3 is 9.80 Å². The maximum atomic E-state index is 13.5. The Hall–Kier alpha value is -2.17. The molecule has 1 heterocycles. The van der Waals surface area contributed by atoms with Gasteiger partial charge in [0.1, 0.15) is 0 Å². The summed E-state index contributed by atoms with van der Waals surface area (Å²) in [5, 5.41) is 0. The Bertz CT molecular complexity index is 894. The van der Waals surface area contributed by atoms with Crippen molar-refractivity contribution in [3.63, 3.8) is 0 Å². The lowest BCUT2D eigenvalue weighted by molar-refractivity contribution is -0.160. The van der Waals surface area contributed by atoms with Gasteiger partial charge in [0.25, 0.3) is 0 Å². The zero-order valence-electron chi connectivity index (χ0n) is 19.6. The van der Waals surface area contributed by atoms with Crippen LogP contribution in [0.1, 0.15) is 72.9 Å². The van der Waals surface area contributed by atoms with E-state index in [1.165, 1.54) is 24.8 Å². The standard InChI is InChI=1S/C27H36N2O3/c1-18-3-4-23(11-19(18)2)24(30)5-6-25(31)28-7-9-29(10-8-28)26(32)27-15-20-12-21(16-27)14-22(13-20)17-27/h3-4,11,20-22H,5-10,12-17H2,1-2H3. The summed E-state index contributed by atoms with van der Waals surface area (Å²) in [4.78, 5) is 42.7. The molecular formula is C27H36N2O3. The maximum absolute atomic E-state index is 13.5. The Morgan fingerprint density at radius 3 is 1.94 bits per heavy atom. The Kier molecular flexibility index (Phi) is 5.63. The van der Waals surface area contributed by atoms with Crippen molar-refractivity contribution < 1.29 is 14.4 Å². The van der Waals surface area contributed by atoms with Crippen LogP contribution in [0.2, 0.25) is 0 Å². The van der Waals surface area contributed by atoms with Crippen molar-refractivity contribution in [2.24, 2.45) is 23.2 Å². The monoisotopic (exact) mass is 436 g/mol. The third-order valence-electron chi connectivity index (χ3n) is 8.81. The predicted molar refractivity (Wildman–Crippen MR) is 123 cm³/mol. The van der Waals surface area contributed by atoms with Crippen LogP contribution in [0.5, 0.6) is 0 Å². The van der Waals surface area contributed by atoms with E-state index in [1.807, 2.05) is 41.8 Å². The number of Topliss-reactive ketones (excluding diaryl/α,β-unsaturated/α-hetero) is 1. The first-order valence-electron chi connectivity index (χ1n) is 12.5. The molecule has 0 atom stereocenters. The first-order chi connectivity index (χ1) is 15.3. The van der Waals surface area contributed by atoms with Crippen LogP contribution in [-0.2, 0) is 9.59 Å². The molecule has 4 saturated carbocycles. The summed E-state index contributed by atoms with van der Waals surface area (Å²) < 4.78 is 0. The molecule has 5 fully saturated rings. The van der Waals surface area contributed by atoms with Crippen molar-refractivity contribution in [2.45, 2.75) is 65.2 Å². The second-order valence-corrected chi connectivity index (χ2v) is 11.1. The van der Waals surface area contributed by atoms with Crippen molar-refractivity contribution in [1.82, 2.24) is 9.80 Å². The topological polar surface area (TPSA) is 57.7 Å². The van der Waals surface area contributed by atoms with E-state index in [-0.39, 0.29) is 29.9 Å². The summed E-state index contributed by atoms with van der Waals surface area (Å²) in [7, 11) is 0. The normalized spacial score (nSPS) is 31.1. The van der Waals surface area contributed by atoms with Gasteiger partial charge in [-0.1, -0.05) is 12.1 Å². The molecule has 1 aromatic carbocycles. The molecule has 0 spiro atoms. The number of carbonyl (C=O) groups excluding carboxylic acids is 3. The van der Waals surface area contributed by atoms with E-state index in [0.717, 1.165) is 42.6 Å². The van der Waals surface area contributed by atoms with E-state index >= 15 is 0 Å². The van der Waals surface area contributed by atoms with E-state index in [2.05, 4.69) is 0 Å². The molecule has 172 valence electrons. The number of piperazine rings is 1. The highest BCUT2D eigenvalue weighted by Gasteiger charge is 2.55. The van der Waals surface area contributed by atoms with Gasteiger partial charge in [-0.3, -0.25) is 14.4 Å². The number of hydrogen-bond donors (Lipinski definition) is 0. The van der Waals surface area contributed by atoms with Crippen LogP contribution in [0.3, 0.4) is 0 Å². The minimum Gasteiger partial charge on any atom is -0.339 e. The lowest BCUT2D eigenvalue weighted by Crippen LogP contribution is -2.58. The van der Waals surface area contributed by atoms with Gasteiger partial charge in [-0.25, -0.2) is 0 Å². The molecule has 5 aliphatic rings. The molecule has 4 bridgehead atoms. The van der Waals surface area contributed by atoms with Gasteiger partial charge in [-0.05, 0) is 87.3 Å². The molecule has 1 saturated heterocycles. The number of amides is 2. The van der Waals surface area contributed by atoms with E-state index in [1.54, 1.807) is 0 Å². The Morgan fingerprint density at radius 2 is 1.38 bits per heavy atom. The van der Waals surface area contributed by atoms with Gasteiger partial charge in [-0.15, -0.1) is 0 Å². The number of benzene rings is 1. The SMILES string of the molecule is Cc1ccc(C(=O)CCC(=O)N2CCN(C(=O)C34CC5CC(CC(C5)C3)C4)CC2)cc1C. The van der Waals surface area contributed by atoms with Crippen molar-refractivity contribution in [3.05, 3.63) is 34.9 Å². The summed E-state index contributed by atoms with van der Waals surface area (Å²) in [5.41, 5.74) is 2.85. The van der Waals surface area contributed by atoms with Crippen molar-refractivity contribution >= 4 is 17.6 Å². The maximum Gasteiger partial charge on any atom is 0.228 e. The van der Waals surface area contributed by atoms with E-state index in [0.29, 0.717) is 37.6 Å². The fourth-order valence-electron chi connectivity index (χ4n) is 7.30. The second-order valence-electron chi connectivity index (χ2n) is 11.1. The van der Waals surface area contributed by atoms with E-state index in [4.69, 9.17) is 0 Å². The fourth-order valence-corrected chi connectivity index (χ4v) is 7.30. The molecule has 0 radical (unpaired) electrons. The first kappa shape index (κ1) is 21.7. The molecule has 0 unspecified atom stereocenters. The zero-order chi connectivity index (χ0) is 22.5. The van der Waals surface area contributed by atoms with Crippen LogP contribution >= 0.6 is 0 Å². The molecule has 5 nitrogen and oxygen atoms in total. The molecular weight excluding hydrogens is 400 g/mol. The van der Waals surface area contributed by atoms with Crippen LogP contribution in [0.15, 0.2) is 18.2 Å². The van der Waals surface area contributed by atoms with Crippen molar-refractivity contribution in [2.75, 3.05) is 26.2 Å². The smallest absolute Gasteiger partial charge is 0.228 e. The summed E-state index contributed by atoms with van der Waals surface area (Å²) >= 11 is 0. The Morgan fingerprint density at radius 1 is 0.812 bits per heavy atom. The molecule has 6 rings (SSSR count). The van der Waals surface area contributed by atoms with Gasteiger partial charge in [-0.2, -0.15) is 0 Å². The van der Waals surface area contributed by atoms with Crippen LogP contribution in [0.25, 0.3) is 0 Å². The number of carbonyl (C=O) groups is 3. The highest BCUT2D eigenvalue weighted by Crippen LogP contribution is 2.60. The average molecular weight is 437 g/mol. The van der Waals surface area contributed by atoms with E-state index < -0.39 is 0 Å². The first-order valence-corrected chi connectivity index (χ1v) is 12.5. The number of nitrogens with zero attached hydrogens (tertiary/aromatic N) is 2.